The number of nitrogens with one attached hydrogen (secondary N) is 1. The Bertz CT molecular complexity index is 993. The number of amides is 1. The molecular formula is C23H27ClN6O. The van der Waals surface area contributed by atoms with Crippen molar-refractivity contribution in [3.05, 3.63) is 71.7 Å². The third kappa shape index (κ3) is 5.82. The number of halogens is 1. The van der Waals surface area contributed by atoms with E-state index in [0.29, 0.717) is 19.5 Å². The molecule has 1 aromatic carbocycles. The summed E-state index contributed by atoms with van der Waals surface area (Å²) < 4.78 is 1.94. The van der Waals surface area contributed by atoms with Crippen LogP contribution in [0.1, 0.15) is 37.1 Å². The van der Waals surface area contributed by atoms with Crippen LogP contribution in [-0.4, -0.2) is 44.6 Å². The molecule has 8 heteroatoms. The Labute approximate surface area is 187 Å². The Morgan fingerprint density at radius 3 is 2.94 bits per heavy atom. The Balaban J connectivity index is 1.35. The topological polar surface area (TPSA) is 75.9 Å². The number of imidazole rings is 1. The minimum atomic E-state index is 0.0663. The number of hydrogen-bond acceptors (Lipinski definition) is 5. The predicted octanol–water partition coefficient (Wildman–Crippen LogP) is 3.48. The van der Waals surface area contributed by atoms with Gasteiger partial charge in [-0.05, 0) is 43.4 Å². The Morgan fingerprint density at radius 1 is 1.19 bits per heavy atom. The normalized spacial score (nSPS) is 16.3. The van der Waals surface area contributed by atoms with Gasteiger partial charge >= 0.3 is 0 Å². The molecule has 1 aliphatic heterocycles. The molecule has 0 radical (unpaired) electrons. The van der Waals surface area contributed by atoms with E-state index >= 15 is 0 Å². The van der Waals surface area contributed by atoms with E-state index in [9.17, 15) is 4.79 Å². The average molecular weight is 439 g/mol. The summed E-state index contributed by atoms with van der Waals surface area (Å²) in [6.45, 7) is 2.06. The minimum absolute atomic E-state index is 0.0663. The number of rotatable bonds is 8. The van der Waals surface area contributed by atoms with Crippen LogP contribution >= 0.6 is 11.6 Å². The van der Waals surface area contributed by atoms with Crippen LogP contribution in [0.25, 0.3) is 0 Å². The number of aromatic nitrogens is 4. The molecule has 7 nitrogen and oxygen atoms in total. The molecule has 0 saturated carbocycles. The number of nitrogens with zero attached hydrogens (tertiary/aromatic N) is 5. The first-order valence-corrected chi connectivity index (χ1v) is 11.1. The van der Waals surface area contributed by atoms with Crippen LogP contribution in [0.3, 0.4) is 0 Å². The van der Waals surface area contributed by atoms with Crippen molar-refractivity contribution >= 4 is 23.3 Å². The van der Waals surface area contributed by atoms with Gasteiger partial charge in [0.05, 0.1) is 12.9 Å². The SMILES string of the molecule is O=C(CC1CCCCN1c1ccnc(Cn2ccnc2)n1)NCCc1ccccc1Cl. The maximum atomic E-state index is 12.6. The fourth-order valence-corrected chi connectivity index (χ4v) is 4.24. The van der Waals surface area contributed by atoms with Gasteiger partial charge in [-0.25, -0.2) is 15.0 Å². The van der Waals surface area contributed by atoms with Crippen molar-refractivity contribution in [1.82, 2.24) is 24.8 Å². The van der Waals surface area contributed by atoms with Gasteiger partial charge in [0.2, 0.25) is 5.91 Å². The molecule has 0 bridgehead atoms. The average Bonchev–Trinajstić information content (AvgIpc) is 3.29. The zero-order valence-corrected chi connectivity index (χ0v) is 18.2. The summed E-state index contributed by atoms with van der Waals surface area (Å²) in [5.74, 6) is 1.69. The van der Waals surface area contributed by atoms with E-state index in [1.54, 1.807) is 18.7 Å². The van der Waals surface area contributed by atoms with E-state index in [2.05, 4.69) is 20.2 Å². The molecule has 1 amide bonds. The van der Waals surface area contributed by atoms with Gasteiger partial charge < -0.3 is 14.8 Å². The van der Waals surface area contributed by atoms with Crippen molar-refractivity contribution in [2.45, 2.75) is 44.7 Å². The Hall–Kier alpha value is -2.93. The largest absolute Gasteiger partial charge is 0.356 e. The first kappa shape index (κ1) is 21.3. The summed E-state index contributed by atoms with van der Waals surface area (Å²) in [7, 11) is 0. The highest BCUT2D eigenvalue weighted by Crippen LogP contribution is 2.25. The highest BCUT2D eigenvalue weighted by atomic mass is 35.5. The van der Waals surface area contributed by atoms with E-state index in [-0.39, 0.29) is 11.9 Å². The number of carbonyl (C=O) groups excluding carboxylic acids is 1. The highest BCUT2D eigenvalue weighted by molar-refractivity contribution is 6.31. The van der Waals surface area contributed by atoms with Gasteiger partial charge in [-0.3, -0.25) is 4.79 Å². The lowest BCUT2D eigenvalue weighted by Gasteiger charge is -2.36. The van der Waals surface area contributed by atoms with E-state index in [4.69, 9.17) is 16.6 Å². The number of benzene rings is 1. The van der Waals surface area contributed by atoms with Crippen LogP contribution in [-0.2, 0) is 17.8 Å². The molecule has 31 heavy (non-hydrogen) atoms. The first-order chi connectivity index (χ1) is 15.2. The maximum absolute atomic E-state index is 12.6. The number of piperidine rings is 1. The fraction of sp³-hybridized carbons (Fsp3) is 0.391. The Kier molecular flexibility index (Phi) is 7.14. The summed E-state index contributed by atoms with van der Waals surface area (Å²) >= 11 is 6.20. The van der Waals surface area contributed by atoms with Gasteiger partial charge in [0, 0.05) is 49.2 Å². The molecule has 1 fully saturated rings. The molecule has 0 aliphatic carbocycles. The van der Waals surface area contributed by atoms with Crippen LogP contribution in [0.4, 0.5) is 5.82 Å². The Morgan fingerprint density at radius 2 is 2.10 bits per heavy atom. The van der Waals surface area contributed by atoms with Crippen molar-refractivity contribution in [3.8, 4) is 0 Å². The van der Waals surface area contributed by atoms with Crippen LogP contribution in [0.2, 0.25) is 5.02 Å². The maximum Gasteiger partial charge on any atom is 0.222 e. The smallest absolute Gasteiger partial charge is 0.222 e. The quantitative estimate of drug-likeness (QED) is 0.582. The van der Waals surface area contributed by atoms with Crippen molar-refractivity contribution in [1.29, 1.82) is 0 Å². The molecule has 0 spiro atoms. The van der Waals surface area contributed by atoms with Crippen LogP contribution in [0.15, 0.2) is 55.2 Å². The standard InChI is InChI=1S/C23H27ClN6O/c24-20-7-2-1-5-18(20)8-10-27-23(31)15-19-6-3-4-13-30(19)22-9-11-26-21(28-22)16-29-14-12-25-17-29/h1-2,5,7,9,11-12,14,17,19H,3-4,6,8,10,13,15-16H2,(H,27,31). The molecule has 4 rings (SSSR count). The van der Waals surface area contributed by atoms with Gasteiger partial charge in [0.25, 0.3) is 0 Å². The van der Waals surface area contributed by atoms with E-state index in [1.165, 1.54) is 0 Å². The molecule has 162 valence electrons. The predicted molar refractivity (Wildman–Crippen MR) is 121 cm³/mol. The van der Waals surface area contributed by atoms with Crippen molar-refractivity contribution in [2.75, 3.05) is 18.0 Å². The molecule has 2 aromatic heterocycles. The second kappa shape index (κ2) is 10.4. The minimum Gasteiger partial charge on any atom is -0.356 e. The highest BCUT2D eigenvalue weighted by Gasteiger charge is 2.26. The van der Waals surface area contributed by atoms with Crippen LogP contribution < -0.4 is 10.2 Å². The van der Waals surface area contributed by atoms with Gasteiger partial charge in [-0.1, -0.05) is 29.8 Å². The van der Waals surface area contributed by atoms with Gasteiger partial charge in [-0.15, -0.1) is 0 Å². The van der Waals surface area contributed by atoms with E-state index in [1.807, 2.05) is 41.1 Å². The van der Waals surface area contributed by atoms with Crippen molar-refractivity contribution in [2.24, 2.45) is 0 Å². The van der Waals surface area contributed by atoms with E-state index in [0.717, 1.165) is 54.5 Å². The second-order valence-electron chi connectivity index (χ2n) is 7.80. The van der Waals surface area contributed by atoms with Crippen molar-refractivity contribution < 1.29 is 4.79 Å². The van der Waals surface area contributed by atoms with Crippen molar-refractivity contribution in [3.63, 3.8) is 0 Å². The van der Waals surface area contributed by atoms with Crippen LogP contribution in [0.5, 0.6) is 0 Å². The summed E-state index contributed by atoms with van der Waals surface area (Å²) in [4.78, 5) is 28.1. The molecule has 1 aliphatic rings. The lowest BCUT2D eigenvalue weighted by Crippen LogP contribution is -2.43. The number of anilines is 1. The lowest BCUT2D eigenvalue weighted by molar-refractivity contribution is -0.121. The summed E-state index contributed by atoms with van der Waals surface area (Å²) in [5.41, 5.74) is 1.05. The third-order valence-electron chi connectivity index (χ3n) is 5.59. The third-order valence-corrected chi connectivity index (χ3v) is 5.96. The molecule has 1 saturated heterocycles. The molecule has 1 N–H and O–H groups in total. The fourth-order valence-electron chi connectivity index (χ4n) is 4.01. The zero-order valence-electron chi connectivity index (χ0n) is 17.5. The molecule has 1 unspecified atom stereocenters. The molecule has 1 atom stereocenters. The summed E-state index contributed by atoms with van der Waals surface area (Å²) in [6.07, 6.45) is 11.6. The number of carbonyl (C=O) groups is 1. The molecule has 3 aromatic rings. The second-order valence-corrected chi connectivity index (χ2v) is 8.21. The monoisotopic (exact) mass is 438 g/mol. The first-order valence-electron chi connectivity index (χ1n) is 10.7. The van der Waals surface area contributed by atoms with E-state index < -0.39 is 0 Å². The molecule has 3 heterocycles. The molecular weight excluding hydrogens is 412 g/mol. The summed E-state index contributed by atoms with van der Waals surface area (Å²) in [5, 5.41) is 3.79. The number of hydrogen-bond donors (Lipinski definition) is 1. The van der Waals surface area contributed by atoms with Gasteiger partial charge in [0.15, 0.2) is 0 Å². The lowest BCUT2D eigenvalue weighted by atomic mass is 9.99. The van der Waals surface area contributed by atoms with Crippen LogP contribution in [0, 0.1) is 0 Å². The van der Waals surface area contributed by atoms with Gasteiger partial charge in [-0.2, -0.15) is 0 Å². The zero-order chi connectivity index (χ0) is 21.5. The summed E-state index contributed by atoms with van der Waals surface area (Å²) in [6, 6.07) is 9.83. The van der Waals surface area contributed by atoms with Gasteiger partial charge in [0.1, 0.15) is 11.6 Å².